The maximum atomic E-state index is 13.2. The molecule has 2 rings (SSSR count). The summed E-state index contributed by atoms with van der Waals surface area (Å²) in [4.78, 5) is 11.8. The third kappa shape index (κ3) is 5.05. The number of hydrogen-bond acceptors (Lipinski definition) is 3. The van der Waals surface area contributed by atoms with Gasteiger partial charge in [-0.15, -0.1) is 0 Å². The van der Waals surface area contributed by atoms with E-state index < -0.39 is 9.84 Å². The summed E-state index contributed by atoms with van der Waals surface area (Å²) in [7, 11) is -3.18. The Morgan fingerprint density at radius 3 is 2.59 bits per heavy atom. The molecule has 1 aliphatic rings. The number of carbonyl (C=O) groups is 1. The SMILES string of the molecule is O=C(CCS(=O)(=O)C1CCCC1)NCc1cc(F)cc(Br)c1. The average molecular weight is 392 g/mol. The van der Waals surface area contributed by atoms with Crippen molar-refractivity contribution in [2.45, 2.75) is 43.9 Å². The maximum absolute atomic E-state index is 13.2. The number of benzene rings is 1. The molecule has 1 aromatic carbocycles. The van der Waals surface area contributed by atoms with E-state index in [-0.39, 0.29) is 35.7 Å². The molecule has 7 heteroatoms. The van der Waals surface area contributed by atoms with Crippen LogP contribution < -0.4 is 5.32 Å². The fourth-order valence-corrected chi connectivity index (χ4v) is 5.02. The molecule has 0 saturated heterocycles. The highest BCUT2D eigenvalue weighted by molar-refractivity contribution is 9.10. The van der Waals surface area contributed by atoms with E-state index in [0.717, 1.165) is 12.8 Å². The van der Waals surface area contributed by atoms with Gasteiger partial charge >= 0.3 is 0 Å². The maximum Gasteiger partial charge on any atom is 0.221 e. The molecule has 4 nitrogen and oxygen atoms in total. The molecule has 1 aliphatic carbocycles. The molecule has 0 aromatic heterocycles. The molecular weight excluding hydrogens is 373 g/mol. The molecule has 0 bridgehead atoms. The van der Waals surface area contributed by atoms with Crippen molar-refractivity contribution in [1.29, 1.82) is 0 Å². The molecule has 1 N–H and O–H groups in total. The van der Waals surface area contributed by atoms with Crippen molar-refractivity contribution in [2.75, 3.05) is 5.75 Å². The zero-order valence-electron chi connectivity index (χ0n) is 12.1. The minimum atomic E-state index is -3.18. The molecule has 0 spiro atoms. The van der Waals surface area contributed by atoms with Gasteiger partial charge in [0.25, 0.3) is 0 Å². The summed E-state index contributed by atoms with van der Waals surface area (Å²) in [6.07, 6.45) is 3.27. The fraction of sp³-hybridized carbons (Fsp3) is 0.533. The van der Waals surface area contributed by atoms with Crippen molar-refractivity contribution in [2.24, 2.45) is 0 Å². The van der Waals surface area contributed by atoms with E-state index in [1.54, 1.807) is 6.07 Å². The Morgan fingerprint density at radius 2 is 1.95 bits per heavy atom. The van der Waals surface area contributed by atoms with Crippen molar-refractivity contribution in [3.8, 4) is 0 Å². The normalized spacial score (nSPS) is 15.9. The highest BCUT2D eigenvalue weighted by atomic mass is 79.9. The lowest BCUT2D eigenvalue weighted by atomic mass is 10.2. The van der Waals surface area contributed by atoms with Gasteiger partial charge < -0.3 is 5.32 Å². The van der Waals surface area contributed by atoms with Crippen LogP contribution in [0.2, 0.25) is 0 Å². The average Bonchev–Trinajstić information content (AvgIpc) is 2.97. The molecule has 0 atom stereocenters. The van der Waals surface area contributed by atoms with E-state index in [0.29, 0.717) is 22.9 Å². The van der Waals surface area contributed by atoms with Crippen molar-refractivity contribution in [1.82, 2.24) is 5.32 Å². The van der Waals surface area contributed by atoms with Crippen LogP contribution in [0.5, 0.6) is 0 Å². The summed E-state index contributed by atoms with van der Waals surface area (Å²) < 4.78 is 37.9. The Morgan fingerprint density at radius 1 is 1.27 bits per heavy atom. The number of hydrogen-bond donors (Lipinski definition) is 1. The number of sulfone groups is 1. The minimum Gasteiger partial charge on any atom is -0.352 e. The van der Waals surface area contributed by atoms with E-state index in [9.17, 15) is 17.6 Å². The molecule has 1 fully saturated rings. The number of carbonyl (C=O) groups excluding carboxylic acids is 1. The van der Waals surface area contributed by atoms with E-state index in [2.05, 4.69) is 21.2 Å². The van der Waals surface area contributed by atoms with Crippen LogP contribution in [-0.4, -0.2) is 25.3 Å². The van der Waals surface area contributed by atoms with Crippen molar-refractivity contribution < 1.29 is 17.6 Å². The zero-order chi connectivity index (χ0) is 16.2. The second kappa shape index (κ2) is 7.55. The summed E-state index contributed by atoms with van der Waals surface area (Å²) >= 11 is 3.18. The quantitative estimate of drug-likeness (QED) is 0.810. The first kappa shape index (κ1) is 17.4. The van der Waals surface area contributed by atoms with E-state index in [1.165, 1.54) is 12.1 Å². The van der Waals surface area contributed by atoms with Crippen molar-refractivity contribution in [3.63, 3.8) is 0 Å². The Kier molecular flexibility index (Phi) is 5.97. The van der Waals surface area contributed by atoms with Gasteiger partial charge in [-0.25, -0.2) is 12.8 Å². The van der Waals surface area contributed by atoms with Crippen LogP contribution in [0.4, 0.5) is 4.39 Å². The first-order chi connectivity index (χ1) is 10.4. The van der Waals surface area contributed by atoms with Crippen molar-refractivity contribution >= 4 is 31.7 Å². The van der Waals surface area contributed by atoms with Crippen LogP contribution in [0, 0.1) is 5.82 Å². The topological polar surface area (TPSA) is 63.2 Å². The first-order valence-electron chi connectivity index (χ1n) is 7.30. The molecule has 122 valence electrons. The van der Waals surface area contributed by atoms with Gasteiger partial charge in [0.05, 0.1) is 11.0 Å². The number of rotatable bonds is 6. The molecule has 0 unspecified atom stereocenters. The van der Waals surface area contributed by atoms with Gasteiger partial charge in [0.2, 0.25) is 5.91 Å². The van der Waals surface area contributed by atoms with Gasteiger partial charge in [-0.2, -0.15) is 0 Å². The van der Waals surface area contributed by atoms with Gasteiger partial charge in [-0.1, -0.05) is 28.8 Å². The van der Waals surface area contributed by atoms with E-state index in [4.69, 9.17) is 0 Å². The fourth-order valence-electron chi connectivity index (χ4n) is 2.65. The Balaban J connectivity index is 1.80. The highest BCUT2D eigenvalue weighted by Gasteiger charge is 2.28. The standard InChI is InChI=1S/C15H19BrFNO3S/c16-12-7-11(8-13(17)9-12)10-18-15(19)5-6-22(20,21)14-3-1-2-4-14/h7-9,14H,1-6,10H2,(H,18,19). The third-order valence-electron chi connectivity index (χ3n) is 3.84. The van der Waals surface area contributed by atoms with Gasteiger partial charge in [0, 0.05) is 17.4 Å². The second-order valence-corrected chi connectivity index (χ2v) is 8.89. The van der Waals surface area contributed by atoms with Gasteiger partial charge in [-0.05, 0) is 36.6 Å². The lowest BCUT2D eigenvalue weighted by molar-refractivity contribution is -0.120. The van der Waals surface area contributed by atoms with E-state index >= 15 is 0 Å². The summed E-state index contributed by atoms with van der Waals surface area (Å²) in [5, 5.41) is 2.35. The zero-order valence-corrected chi connectivity index (χ0v) is 14.6. The molecule has 0 radical (unpaired) electrons. The number of halogens is 2. The smallest absolute Gasteiger partial charge is 0.221 e. The van der Waals surface area contributed by atoms with Crippen LogP contribution in [0.1, 0.15) is 37.7 Å². The summed E-state index contributed by atoms with van der Waals surface area (Å²) in [5.74, 6) is -0.833. The molecule has 0 aliphatic heterocycles. The largest absolute Gasteiger partial charge is 0.352 e. The first-order valence-corrected chi connectivity index (χ1v) is 9.81. The van der Waals surface area contributed by atoms with Crippen LogP contribution in [-0.2, 0) is 21.2 Å². The number of amides is 1. The molecule has 1 amide bonds. The highest BCUT2D eigenvalue weighted by Crippen LogP contribution is 2.25. The molecule has 22 heavy (non-hydrogen) atoms. The summed E-state index contributed by atoms with van der Waals surface area (Å²) in [6, 6.07) is 4.37. The number of nitrogens with one attached hydrogen (secondary N) is 1. The van der Waals surface area contributed by atoms with Crippen LogP contribution in [0.25, 0.3) is 0 Å². The Bertz CT molecular complexity index is 622. The van der Waals surface area contributed by atoms with Gasteiger partial charge in [0.1, 0.15) is 5.82 Å². The summed E-state index contributed by atoms with van der Waals surface area (Å²) in [5.41, 5.74) is 0.624. The molecule has 1 aromatic rings. The van der Waals surface area contributed by atoms with Crippen LogP contribution in [0.3, 0.4) is 0 Å². The van der Waals surface area contributed by atoms with Gasteiger partial charge in [-0.3, -0.25) is 4.79 Å². The summed E-state index contributed by atoms with van der Waals surface area (Å²) in [6.45, 7) is 0.179. The molecule has 1 saturated carbocycles. The minimum absolute atomic E-state index is 0.0463. The third-order valence-corrected chi connectivity index (χ3v) is 6.55. The molecule has 0 heterocycles. The Hall–Kier alpha value is -0.950. The van der Waals surface area contributed by atoms with Gasteiger partial charge in [0.15, 0.2) is 9.84 Å². The predicted octanol–water partition coefficient (Wildman–Crippen LogP) is 2.95. The lowest BCUT2D eigenvalue weighted by Crippen LogP contribution is -2.28. The Labute approximate surface area is 138 Å². The monoisotopic (exact) mass is 391 g/mol. The lowest BCUT2D eigenvalue weighted by Gasteiger charge is -2.11. The predicted molar refractivity (Wildman–Crippen MR) is 86.6 cm³/mol. The van der Waals surface area contributed by atoms with Crippen LogP contribution >= 0.6 is 15.9 Å². The molecular formula is C15H19BrFNO3S. The van der Waals surface area contributed by atoms with Crippen molar-refractivity contribution in [3.05, 3.63) is 34.1 Å². The second-order valence-electron chi connectivity index (χ2n) is 5.58. The van der Waals surface area contributed by atoms with E-state index in [1.807, 2.05) is 0 Å². The van der Waals surface area contributed by atoms with Crippen LogP contribution in [0.15, 0.2) is 22.7 Å².